The van der Waals surface area contributed by atoms with E-state index in [1.165, 1.54) is 12.1 Å². The molecule has 4 N–H and O–H groups in total. The second-order valence-electron chi connectivity index (χ2n) is 8.62. The third-order valence-electron chi connectivity index (χ3n) is 4.84. The summed E-state index contributed by atoms with van der Waals surface area (Å²) >= 11 is 0. The smallest absolute Gasteiger partial charge is 0.408 e. The molecule has 0 bridgehead atoms. The van der Waals surface area contributed by atoms with Crippen LogP contribution in [0.4, 0.5) is 9.18 Å². The van der Waals surface area contributed by atoms with Gasteiger partial charge in [0.15, 0.2) is 0 Å². The summed E-state index contributed by atoms with van der Waals surface area (Å²) in [5.74, 6) is -0.753. The quantitative estimate of drug-likeness (QED) is 0.400. The van der Waals surface area contributed by atoms with E-state index in [4.69, 9.17) is 15.6 Å². The molecular weight excluding hydrogens is 425 g/mol. The van der Waals surface area contributed by atoms with E-state index in [0.29, 0.717) is 22.0 Å². The van der Waals surface area contributed by atoms with E-state index in [1.807, 2.05) is 0 Å². The number of aromatic amines is 1. The van der Waals surface area contributed by atoms with Crippen molar-refractivity contribution in [1.29, 1.82) is 10.8 Å². The maximum absolute atomic E-state index is 13.7. The Morgan fingerprint density at radius 2 is 1.94 bits per heavy atom. The van der Waals surface area contributed by atoms with Crippen LogP contribution in [-0.4, -0.2) is 34.1 Å². The molecule has 0 fully saturated rings. The molecule has 8 nitrogen and oxygen atoms in total. The van der Waals surface area contributed by atoms with Crippen LogP contribution in [0.3, 0.4) is 0 Å². The van der Waals surface area contributed by atoms with E-state index >= 15 is 0 Å². The van der Waals surface area contributed by atoms with Crippen molar-refractivity contribution < 1.29 is 13.9 Å². The number of aromatic nitrogens is 2. The van der Waals surface area contributed by atoms with Crippen molar-refractivity contribution >= 4 is 29.4 Å². The van der Waals surface area contributed by atoms with Crippen LogP contribution < -0.4 is 10.9 Å². The molecule has 0 aliphatic carbocycles. The molecule has 0 spiro atoms. The summed E-state index contributed by atoms with van der Waals surface area (Å²) in [6.45, 7) is 5.20. The standard InChI is InChI=1S/C24H26FN5O3/c1-24(2,3)33-23(32)29-20(10-14-5-4-6-17(25)9-14)21-28-19-8-7-15(16(12-26)13-27)11-18(19)22(31)30-21/h4-9,11-13,16,20,26-27H,10H2,1-3H3,(H,29,32)(H,28,30,31). The molecule has 1 heterocycles. The van der Waals surface area contributed by atoms with Gasteiger partial charge in [0.05, 0.1) is 22.9 Å². The molecule has 33 heavy (non-hydrogen) atoms. The number of amides is 1. The summed E-state index contributed by atoms with van der Waals surface area (Å²) in [4.78, 5) is 32.6. The highest BCUT2D eigenvalue weighted by molar-refractivity contribution is 5.89. The van der Waals surface area contributed by atoms with Gasteiger partial charge in [-0.15, -0.1) is 0 Å². The number of nitrogens with zero attached hydrogens (tertiary/aromatic N) is 1. The van der Waals surface area contributed by atoms with Gasteiger partial charge in [0.1, 0.15) is 17.2 Å². The van der Waals surface area contributed by atoms with Gasteiger partial charge in [0, 0.05) is 18.9 Å². The summed E-state index contributed by atoms with van der Waals surface area (Å²) in [5.41, 5.74) is 0.459. The minimum absolute atomic E-state index is 0.174. The minimum atomic E-state index is -0.783. The number of alkyl carbamates (subject to hydrolysis) is 1. The van der Waals surface area contributed by atoms with Gasteiger partial charge in [-0.1, -0.05) is 18.2 Å². The van der Waals surface area contributed by atoms with E-state index < -0.39 is 35.0 Å². The molecule has 1 aromatic heterocycles. The number of ether oxygens (including phenoxy) is 1. The molecule has 1 amide bonds. The summed E-state index contributed by atoms with van der Waals surface area (Å²) in [6, 6.07) is 10.1. The Morgan fingerprint density at radius 1 is 1.21 bits per heavy atom. The maximum Gasteiger partial charge on any atom is 0.408 e. The average Bonchev–Trinajstić information content (AvgIpc) is 2.73. The van der Waals surface area contributed by atoms with Crippen LogP contribution in [-0.2, 0) is 11.2 Å². The fourth-order valence-corrected chi connectivity index (χ4v) is 3.35. The van der Waals surface area contributed by atoms with Crippen molar-refractivity contribution in [3.63, 3.8) is 0 Å². The highest BCUT2D eigenvalue weighted by atomic mass is 19.1. The van der Waals surface area contributed by atoms with Gasteiger partial charge in [0.25, 0.3) is 5.56 Å². The zero-order valence-electron chi connectivity index (χ0n) is 18.6. The normalized spacial score (nSPS) is 13.2. The third kappa shape index (κ3) is 6.09. The number of H-pyrrole nitrogens is 1. The molecule has 9 heteroatoms. The van der Waals surface area contributed by atoms with Crippen molar-refractivity contribution in [2.24, 2.45) is 0 Å². The number of rotatable bonds is 7. The van der Waals surface area contributed by atoms with Crippen molar-refractivity contribution in [2.45, 2.75) is 44.8 Å². The Bertz CT molecular complexity index is 1240. The maximum atomic E-state index is 13.7. The van der Waals surface area contributed by atoms with E-state index in [2.05, 4.69) is 15.3 Å². The number of carbonyl (C=O) groups excluding carboxylic acids is 1. The fourth-order valence-electron chi connectivity index (χ4n) is 3.35. The first-order valence-corrected chi connectivity index (χ1v) is 10.4. The lowest BCUT2D eigenvalue weighted by Gasteiger charge is -2.23. The molecule has 1 unspecified atom stereocenters. The number of fused-ring (bicyclic) bond motifs is 1. The molecular formula is C24H26FN5O3. The largest absolute Gasteiger partial charge is 0.444 e. The van der Waals surface area contributed by atoms with Crippen molar-refractivity contribution in [2.75, 3.05) is 0 Å². The van der Waals surface area contributed by atoms with E-state index in [1.54, 1.807) is 51.1 Å². The monoisotopic (exact) mass is 451 g/mol. The van der Waals surface area contributed by atoms with Gasteiger partial charge < -0.3 is 25.9 Å². The summed E-state index contributed by atoms with van der Waals surface area (Å²) < 4.78 is 19.1. The second-order valence-corrected chi connectivity index (χ2v) is 8.62. The molecule has 172 valence electrons. The van der Waals surface area contributed by atoms with Gasteiger partial charge in [-0.3, -0.25) is 4.79 Å². The Balaban J connectivity index is 2.02. The van der Waals surface area contributed by atoms with Crippen LogP contribution >= 0.6 is 0 Å². The van der Waals surface area contributed by atoms with Crippen molar-refractivity contribution in [1.82, 2.24) is 15.3 Å². The van der Waals surface area contributed by atoms with Gasteiger partial charge in [-0.2, -0.15) is 0 Å². The number of carbonyl (C=O) groups is 1. The number of halogens is 1. The van der Waals surface area contributed by atoms with E-state index in [0.717, 1.165) is 12.4 Å². The van der Waals surface area contributed by atoms with Crippen molar-refractivity contribution in [3.05, 3.63) is 75.6 Å². The fraction of sp³-hybridized carbons (Fsp3) is 0.292. The van der Waals surface area contributed by atoms with Crippen LogP contribution in [0, 0.1) is 16.6 Å². The average molecular weight is 452 g/mol. The van der Waals surface area contributed by atoms with Crippen LogP contribution in [0.5, 0.6) is 0 Å². The zero-order chi connectivity index (χ0) is 24.2. The Labute approximate surface area is 190 Å². The highest BCUT2D eigenvalue weighted by Gasteiger charge is 2.23. The molecule has 3 aromatic rings. The lowest BCUT2D eigenvalue weighted by molar-refractivity contribution is 0.0501. The van der Waals surface area contributed by atoms with Gasteiger partial charge in [-0.05, 0) is 56.2 Å². The number of hydrogen-bond donors (Lipinski definition) is 4. The molecule has 3 rings (SSSR count). The van der Waals surface area contributed by atoms with Crippen LogP contribution in [0.15, 0.2) is 47.3 Å². The molecule has 0 radical (unpaired) electrons. The third-order valence-corrected chi connectivity index (χ3v) is 4.84. The zero-order valence-corrected chi connectivity index (χ0v) is 18.6. The van der Waals surface area contributed by atoms with E-state index in [-0.39, 0.29) is 12.2 Å². The van der Waals surface area contributed by atoms with Crippen molar-refractivity contribution in [3.8, 4) is 0 Å². The second kappa shape index (κ2) is 9.72. The Morgan fingerprint density at radius 3 is 2.58 bits per heavy atom. The predicted molar refractivity (Wildman–Crippen MR) is 125 cm³/mol. The number of nitrogens with one attached hydrogen (secondary N) is 4. The topological polar surface area (TPSA) is 132 Å². The number of hydrogen-bond acceptors (Lipinski definition) is 6. The van der Waals surface area contributed by atoms with Gasteiger partial charge >= 0.3 is 6.09 Å². The van der Waals surface area contributed by atoms with Crippen LogP contribution in [0.25, 0.3) is 10.9 Å². The van der Waals surface area contributed by atoms with E-state index in [9.17, 15) is 14.0 Å². The molecule has 1 atom stereocenters. The summed E-state index contributed by atoms with van der Waals surface area (Å²) in [6.07, 6.45) is 1.71. The van der Waals surface area contributed by atoms with Crippen LogP contribution in [0.1, 0.15) is 49.7 Å². The number of benzene rings is 2. The predicted octanol–water partition coefficient (Wildman–Crippen LogP) is 4.25. The van der Waals surface area contributed by atoms with Gasteiger partial charge in [-0.25, -0.2) is 14.2 Å². The summed E-state index contributed by atoms with van der Waals surface area (Å²) in [5, 5.41) is 17.9. The molecule has 0 aliphatic heterocycles. The minimum Gasteiger partial charge on any atom is -0.444 e. The molecule has 0 saturated carbocycles. The molecule has 0 saturated heterocycles. The first-order valence-electron chi connectivity index (χ1n) is 10.4. The lowest BCUT2D eigenvalue weighted by Crippen LogP contribution is -2.37. The molecule has 0 aliphatic rings. The molecule has 2 aromatic carbocycles. The highest BCUT2D eigenvalue weighted by Crippen LogP contribution is 2.21. The Kier molecular flexibility index (Phi) is 7.01. The van der Waals surface area contributed by atoms with Crippen LogP contribution in [0.2, 0.25) is 0 Å². The van der Waals surface area contributed by atoms with Gasteiger partial charge in [0.2, 0.25) is 0 Å². The Hall–Kier alpha value is -3.88. The first-order chi connectivity index (χ1) is 15.6. The lowest BCUT2D eigenvalue weighted by atomic mass is 10.00. The first kappa shape index (κ1) is 23.8. The SMILES string of the molecule is CC(C)(C)OC(=O)NC(Cc1cccc(F)c1)c1nc2ccc(C(C=N)C=N)cc2c(=O)[nH]1. The summed E-state index contributed by atoms with van der Waals surface area (Å²) in [7, 11) is 0.